The van der Waals surface area contributed by atoms with Gasteiger partial charge in [-0.2, -0.15) is 0 Å². The second-order valence-electron chi connectivity index (χ2n) is 6.18. The van der Waals surface area contributed by atoms with E-state index in [0.717, 1.165) is 44.5 Å². The summed E-state index contributed by atoms with van der Waals surface area (Å²) >= 11 is 0. The maximum Gasteiger partial charge on any atom is 0.223 e. The number of hydrogen-bond acceptors (Lipinski definition) is 3. The van der Waals surface area contributed by atoms with Gasteiger partial charge in [0.15, 0.2) is 0 Å². The van der Waals surface area contributed by atoms with Crippen LogP contribution in [0.5, 0.6) is 5.75 Å². The normalized spacial score (nSPS) is 21.7. The van der Waals surface area contributed by atoms with Crippen molar-refractivity contribution < 1.29 is 9.53 Å². The summed E-state index contributed by atoms with van der Waals surface area (Å²) in [5, 5.41) is 6.43. The predicted molar refractivity (Wildman–Crippen MR) is 89.5 cm³/mol. The molecule has 4 nitrogen and oxygen atoms in total. The molecule has 1 aromatic carbocycles. The van der Waals surface area contributed by atoms with Gasteiger partial charge in [0.05, 0.1) is 6.61 Å². The van der Waals surface area contributed by atoms with Crippen LogP contribution in [0.4, 0.5) is 0 Å². The Bertz CT molecular complexity index is 475. The number of rotatable bonds is 6. The lowest BCUT2D eigenvalue weighted by molar-refractivity contribution is -0.123. The number of para-hydroxylation sites is 1. The average Bonchev–Trinajstić information content (AvgIpc) is 3.22. The molecule has 1 unspecified atom stereocenters. The first-order valence-corrected chi connectivity index (χ1v) is 7.96. The van der Waals surface area contributed by atoms with Crippen LogP contribution in [0.1, 0.15) is 25.7 Å². The van der Waals surface area contributed by atoms with Crippen LogP contribution in [0.3, 0.4) is 0 Å². The van der Waals surface area contributed by atoms with E-state index in [1.54, 1.807) is 0 Å². The molecule has 122 valence electrons. The quantitative estimate of drug-likeness (QED) is 0.790. The summed E-state index contributed by atoms with van der Waals surface area (Å²) in [7, 11) is 0. The van der Waals surface area contributed by atoms with Gasteiger partial charge in [-0.25, -0.2) is 0 Å². The summed E-state index contributed by atoms with van der Waals surface area (Å²) < 4.78 is 5.61. The van der Waals surface area contributed by atoms with Crippen LogP contribution in [0.15, 0.2) is 30.3 Å². The van der Waals surface area contributed by atoms with Gasteiger partial charge in [0.25, 0.3) is 0 Å². The van der Waals surface area contributed by atoms with E-state index in [2.05, 4.69) is 10.6 Å². The van der Waals surface area contributed by atoms with Crippen LogP contribution in [0, 0.1) is 11.3 Å². The Morgan fingerprint density at radius 2 is 2.00 bits per heavy atom. The van der Waals surface area contributed by atoms with E-state index in [1.165, 1.54) is 0 Å². The van der Waals surface area contributed by atoms with Gasteiger partial charge < -0.3 is 15.4 Å². The van der Waals surface area contributed by atoms with Crippen LogP contribution < -0.4 is 15.4 Å². The molecule has 5 heteroatoms. The molecule has 1 heterocycles. The molecule has 2 N–H and O–H groups in total. The van der Waals surface area contributed by atoms with E-state index in [0.29, 0.717) is 18.6 Å². The van der Waals surface area contributed by atoms with Gasteiger partial charge in [-0.15, -0.1) is 12.4 Å². The molecule has 1 amide bonds. The summed E-state index contributed by atoms with van der Waals surface area (Å²) in [6, 6.07) is 9.79. The smallest absolute Gasteiger partial charge is 0.223 e. The van der Waals surface area contributed by atoms with Crippen molar-refractivity contribution in [2.75, 3.05) is 26.2 Å². The van der Waals surface area contributed by atoms with Crippen molar-refractivity contribution in [3.63, 3.8) is 0 Å². The first kappa shape index (κ1) is 17.1. The highest BCUT2D eigenvalue weighted by Crippen LogP contribution is 2.58. The van der Waals surface area contributed by atoms with Crippen LogP contribution >= 0.6 is 12.4 Å². The molecule has 0 aromatic heterocycles. The second kappa shape index (κ2) is 7.84. The number of carbonyl (C=O) groups is 1. The molecule has 1 aliphatic heterocycles. The van der Waals surface area contributed by atoms with Gasteiger partial charge in [-0.1, -0.05) is 18.2 Å². The van der Waals surface area contributed by atoms with Crippen LogP contribution in [0.2, 0.25) is 0 Å². The zero-order valence-corrected chi connectivity index (χ0v) is 13.7. The van der Waals surface area contributed by atoms with Crippen molar-refractivity contribution in [2.45, 2.75) is 25.7 Å². The highest BCUT2D eigenvalue weighted by Gasteiger charge is 2.57. The van der Waals surface area contributed by atoms with Crippen molar-refractivity contribution in [1.29, 1.82) is 0 Å². The third-order valence-corrected chi connectivity index (χ3v) is 4.74. The van der Waals surface area contributed by atoms with Crippen LogP contribution in [-0.2, 0) is 4.79 Å². The van der Waals surface area contributed by atoms with Gasteiger partial charge in [-0.3, -0.25) is 4.79 Å². The zero-order valence-electron chi connectivity index (χ0n) is 12.8. The summed E-state index contributed by atoms with van der Waals surface area (Å²) in [4.78, 5) is 12.1. The molecule has 0 bridgehead atoms. The third-order valence-electron chi connectivity index (χ3n) is 4.74. The standard InChI is InChI=1S/C17H24N2O2.ClH/c20-16(15-13-17(15)7-10-18-11-8-17)19-9-4-12-21-14-5-2-1-3-6-14;/h1-3,5-6,15,18H,4,7-13H2,(H,19,20);1H. The van der Waals surface area contributed by atoms with E-state index in [1.807, 2.05) is 30.3 Å². The molecule has 0 radical (unpaired) electrons. The Hall–Kier alpha value is -1.26. The molecule has 1 aromatic rings. The van der Waals surface area contributed by atoms with Crippen molar-refractivity contribution >= 4 is 18.3 Å². The average molecular weight is 325 g/mol. The highest BCUT2D eigenvalue weighted by molar-refractivity contribution is 5.85. The van der Waals surface area contributed by atoms with Crippen molar-refractivity contribution in [3.05, 3.63) is 30.3 Å². The number of amides is 1. The minimum Gasteiger partial charge on any atom is -0.494 e. The summed E-state index contributed by atoms with van der Waals surface area (Å²) in [5.74, 6) is 1.39. The zero-order chi connectivity index (χ0) is 14.5. The molecule has 2 fully saturated rings. The highest BCUT2D eigenvalue weighted by atomic mass is 35.5. The number of carbonyl (C=O) groups excluding carboxylic acids is 1. The van der Waals surface area contributed by atoms with E-state index < -0.39 is 0 Å². The lowest BCUT2D eigenvalue weighted by atomic mass is 9.92. The Morgan fingerprint density at radius 3 is 2.73 bits per heavy atom. The SMILES string of the molecule is Cl.O=C(NCCCOc1ccccc1)C1CC12CCNCC2. The number of piperidine rings is 1. The number of halogens is 1. The Kier molecular flexibility index (Phi) is 6.09. The third kappa shape index (κ3) is 4.14. The number of hydrogen-bond donors (Lipinski definition) is 2. The fourth-order valence-electron chi connectivity index (χ4n) is 3.31. The van der Waals surface area contributed by atoms with Gasteiger partial charge in [0, 0.05) is 12.5 Å². The van der Waals surface area contributed by atoms with E-state index >= 15 is 0 Å². The van der Waals surface area contributed by atoms with E-state index in [4.69, 9.17) is 4.74 Å². The largest absolute Gasteiger partial charge is 0.494 e. The van der Waals surface area contributed by atoms with Gasteiger partial charge in [0.2, 0.25) is 5.91 Å². The molecule has 1 atom stereocenters. The van der Waals surface area contributed by atoms with Gasteiger partial charge in [0.1, 0.15) is 5.75 Å². The van der Waals surface area contributed by atoms with E-state index in [9.17, 15) is 4.79 Å². The van der Waals surface area contributed by atoms with Crippen molar-refractivity contribution in [1.82, 2.24) is 10.6 Å². The minimum atomic E-state index is 0. The molecular weight excluding hydrogens is 300 g/mol. The van der Waals surface area contributed by atoms with E-state index in [-0.39, 0.29) is 24.2 Å². The first-order chi connectivity index (χ1) is 10.3. The molecule has 1 saturated carbocycles. The van der Waals surface area contributed by atoms with Crippen molar-refractivity contribution in [3.8, 4) is 5.75 Å². The monoisotopic (exact) mass is 324 g/mol. The minimum absolute atomic E-state index is 0. The van der Waals surface area contributed by atoms with Crippen LogP contribution in [0.25, 0.3) is 0 Å². The number of nitrogens with one attached hydrogen (secondary N) is 2. The Labute approximate surface area is 138 Å². The topological polar surface area (TPSA) is 50.4 Å². The Morgan fingerprint density at radius 1 is 1.27 bits per heavy atom. The number of ether oxygens (including phenoxy) is 1. The first-order valence-electron chi connectivity index (χ1n) is 7.96. The number of benzene rings is 1. The predicted octanol–water partition coefficient (Wildman–Crippen LogP) is 2.38. The lowest BCUT2D eigenvalue weighted by Crippen LogP contribution is -2.34. The fraction of sp³-hybridized carbons (Fsp3) is 0.588. The molecule has 22 heavy (non-hydrogen) atoms. The molecular formula is C17H25ClN2O2. The maximum atomic E-state index is 12.1. The molecule has 1 saturated heterocycles. The summed E-state index contributed by atoms with van der Waals surface area (Å²) in [6.45, 7) is 3.48. The van der Waals surface area contributed by atoms with Gasteiger partial charge >= 0.3 is 0 Å². The summed E-state index contributed by atoms with van der Waals surface area (Å²) in [6.07, 6.45) is 4.24. The Balaban J connectivity index is 0.00000176. The summed E-state index contributed by atoms with van der Waals surface area (Å²) in [5.41, 5.74) is 0.329. The molecule has 1 spiro atoms. The maximum absolute atomic E-state index is 12.1. The molecule has 3 rings (SSSR count). The van der Waals surface area contributed by atoms with Crippen molar-refractivity contribution in [2.24, 2.45) is 11.3 Å². The van der Waals surface area contributed by atoms with Gasteiger partial charge in [-0.05, 0) is 56.3 Å². The molecule has 2 aliphatic rings. The van der Waals surface area contributed by atoms with Crippen LogP contribution in [-0.4, -0.2) is 32.1 Å². The molecule has 1 aliphatic carbocycles. The second-order valence-corrected chi connectivity index (χ2v) is 6.18. The fourth-order valence-corrected chi connectivity index (χ4v) is 3.31. The lowest BCUT2D eigenvalue weighted by Gasteiger charge is -2.23.